The number of anilines is 2. The number of ether oxygens (including phenoxy) is 2. The molecule has 1 aromatic rings. The molecule has 0 unspecified atom stereocenters. The van der Waals surface area contributed by atoms with E-state index < -0.39 is 6.41 Å². The number of nitrogens with zero attached hydrogens (tertiary/aromatic N) is 2. The van der Waals surface area contributed by atoms with Gasteiger partial charge in [-0.05, 0) is 13.0 Å². The second-order valence-corrected chi connectivity index (χ2v) is 3.27. The predicted octanol–water partition coefficient (Wildman–Crippen LogP) is 0.560. The molecule has 1 aromatic heterocycles. The van der Waals surface area contributed by atoms with Crippen molar-refractivity contribution in [2.24, 2.45) is 0 Å². The van der Waals surface area contributed by atoms with Crippen molar-refractivity contribution < 1.29 is 19.1 Å². The van der Waals surface area contributed by atoms with Crippen LogP contribution in [0.15, 0.2) is 12.3 Å². The molecule has 7 nitrogen and oxygen atoms in total. The molecular weight excluding hydrogens is 202 g/mol. The summed E-state index contributed by atoms with van der Waals surface area (Å²) in [7, 11) is 0. The topological polar surface area (TPSA) is 71.1 Å². The molecule has 3 rings (SSSR count). The summed E-state index contributed by atoms with van der Waals surface area (Å²) >= 11 is 0. The molecule has 2 N–H and O–H groups in total. The van der Waals surface area contributed by atoms with Gasteiger partial charge in [0.25, 0.3) is 0 Å². The summed E-state index contributed by atoms with van der Waals surface area (Å²) in [6, 6.07) is 1.77. The molecule has 0 aliphatic carbocycles. The first-order chi connectivity index (χ1) is 7.25. The Bertz CT molecular complexity index is 370. The fourth-order valence-corrected chi connectivity index (χ4v) is 1.50. The molecule has 0 radical (unpaired) electrons. The largest absolute Gasteiger partial charge is 0.383 e. The highest BCUT2D eigenvalue weighted by Gasteiger charge is 2.32. The maximum atomic E-state index is 5.87. The van der Waals surface area contributed by atoms with Crippen LogP contribution in [0.3, 0.4) is 0 Å². The lowest BCUT2D eigenvalue weighted by molar-refractivity contribution is -0.411. The van der Waals surface area contributed by atoms with Gasteiger partial charge in [-0.15, -0.1) is 5.23 Å². The molecule has 15 heavy (non-hydrogen) atoms. The Balaban J connectivity index is 1.81. The molecular formula is C8H11N3O4. The van der Waals surface area contributed by atoms with Crippen LogP contribution in [0.25, 0.3) is 0 Å². The molecule has 0 bridgehead atoms. The zero-order valence-corrected chi connectivity index (χ0v) is 8.12. The number of rotatable bonds is 2. The van der Waals surface area contributed by atoms with Crippen molar-refractivity contribution in [2.75, 3.05) is 17.8 Å². The highest BCUT2D eigenvalue weighted by atomic mass is 17.1. The van der Waals surface area contributed by atoms with Gasteiger partial charge < -0.3 is 15.2 Å². The van der Waals surface area contributed by atoms with Crippen LogP contribution in [0.2, 0.25) is 0 Å². The second kappa shape index (κ2) is 3.11. The van der Waals surface area contributed by atoms with Crippen molar-refractivity contribution in [3.63, 3.8) is 0 Å². The Labute approximate surface area is 85.8 Å². The Hall–Kier alpha value is -1.28. The van der Waals surface area contributed by atoms with Gasteiger partial charge in [-0.1, -0.05) is 0 Å². The van der Waals surface area contributed by atoms with Crippen molar-refractivity contribution >= 4 is 11.5 Å². The summed E-state index contributed by atoms with van der Waals surface area (Å²) in [5, 5.41) is 1.26. The summed E-state index contributed by atoms with van der Waals surface area (Å²) in [6.45, 7) is 2.07. The van der Waals surface area contributed by atoms with E-state index >= 15 is 0 Å². The van der Waals surface area contributed by atoms with Gasteiger partial charge in [0, 0.05) is 6.20 Å². The number of hydrogen-bond donors (Lipinski definition) is 1. The Morgan fingerprint density at radius 2 is 2.13 bits per heavy atom. The van der Waals surface area contributed by atoms with Crippen LogP contribution in [0.5, 0.6) is 0 Å². The lowest BCUT2D eigenvalue weighted by atomic mass is 10.5. The molecule has 82 valence electrons. The Morgan fingerprint density at radius 1 is 1.40 bits per heavy atom. The van der Waals surface area contributed by atoms with Crippen LogP contribution >= 0.6 is 0 Å². The molecule has 0 amide bonds. The monoisotopic (exact) mass is 213 g/mol. The average Bonchev–Trinajstić information content (AvgIpc) is 2.41. The summed E-state index contributed by atoms with van der Waals surface area (Å²) in [4.78, 5) is 10.00. The molecule has 3 heterocycles. The Kier molecular flexibility index (Phi) is 1.86. The molecule has 7 heteroatoms. The molecule has 2 aliphatic heterocycles. The minimum atomic E-state index is -0.449. The van der Waals surface area contributed by atoms with E-state index in [0.717, 1.165) is 0 Å². The smallest absolute Gasteiger partial charge is 0.249 e. The van der Waals surface area contributed by atoms with E-state index in [2.05, 4.69) is 0 Å². The summed E-state index contributed by atoms with van der Waals surface area (Å²) in [5.74, 6) is 0.478. The summed E-state index contributed by atoms with van der Waals surface area (Å²) in [6.07, 6.45) is 1.12. The van der Waals surface area contributed by atoms with E-state index in [0.29, 0.717) is 11.5 Å². The van der Waals surface area contributed by atoms with Gasteiger partial charge in [-0.2, -0.15) is 0 Å². The van der Waals surface area contributed by atoms with Gasteiger partial charge >= 0.3 is 0 Å². The molecule has 0 aromatic carbocycles. The van der Waals surface area contributed by atoms with E-state index in [9.17, 15) is 0 Å². The minimum absolute atomic E-state index is 0.184. The number of hydrogen-bond acceptors (Lipinski definition) is 6. The maximum absolute atomic E-state index is 5.87. The van der Waals surface area contributed by atoms with Crippen LogP contribution in [-0.4, -0.2) is 17.7 Å². The van der Waals surface area contributed by atoms with Gasteiger partial charge in [0.2, 0.25) is 13.2 Å². The third-order valence-electron chi connectivity index (χ3n) is 2.31. The third kappa shape index (κ3) is 1.29. The summed E-state index contributed by atoms with van der Waals surface area (Å²) in [5.41, 5.74) is 6.52. The van der Waals surface area contributed by atoms with E-state index in [-0.39, 0.29) is 13.1 Å². The van der Waals surface area contributed by atoms with E-state index in [1.54, 1.807) is 16.8 Å². The number of aromatic nitrogens is 1. The van der Waals surface area contributed by atoms with Crippen LogP contribution in [0.1, 0.15) is 13.3 Å². The van der Waals surface area contributed by atoms with Crippen LogP contribution in [0, 0.1) is 0 Å². The van der Waals surface area contributed by atoms with E-state index in [1.807, 2.05) is 6.92 Å². The molecule has 0 spiro atoms. The predicted molar refractivity (Wildman–Crippen MR) is 49.0 cm³/mol. The van der Waals surface area contributed by atoms with Crippen molar-refractivity contribution in [1.29, 1.82) is 0 Å². The molecule has 2 saturated heterocycles. The van der Waals surface area contributed by atoms with Gasteiger partial charge in [-0.3, -0.25) is 4.57 Å². The van der Waals surface area contributed by atoms with Gasteiger partial charge in [0.15, 0.2) is 6.29 Å². The van der Waals surface area contributed by atoms with Crippen LogP contribution in [-0.2, 0) is 19.1 Å². The lowest BCUT2D eigenvalue weighted by Crippen LogP contribution is -2.38. The van der Waals surface area contributed by atoms with Crippen molar-refractivity contribution in [2.45, 2.75) is 19.6 Å². The fraction of sp³-hybridized carbons (Fsp3) is 0.500. The Morgan fingerprint density at radius 3 is 2.67 bits per heavy atom. The highest BCUT2D eigenvalue weighted by molar-refractivity contribution is 5.62. The first-order valence-electron chi connectivity index (χ1n) is 4.59. The SMILES string of the molecule is CC1OC(n2ccc(N3OCO3)c2N)O1. The lowest BCUT2D eigenvalue weighted by Gasteiger charge is -2.35. The molecule has 0 saturated carbocycles. The standard InChI is InChI=1S/C8H11N3O4/c1-5-14-8(15-5)10-3-2-6(7(10)9)11-12-4-13-11/h2-3,5,8H,4,9H2,1H3. The van der Waals surface area contributed by atoms with E-state index in [4.69, 9.17) is 24.9 Å². The minimum Gasteiger partial charge on any atom is -0.383 e. The van der Waals surface area contributed by atoms with Gasteiger partial charge in [0.05, 0.1) is 0 Å². The first-order valence-corrected chi connectivity index (χ1v) is 4.59. The maximum Gasteiger partial charge on any atom is 0.249 e. The van der Waals surface area contributed by atoms with Crippen molar-refractivity contribution in [1.82, 2.24) is 4.57 Å². The summed E-state index contributed by atoms with van der Waals surface area (Å²) < 4.78 is 12.3. The molecule has 2 fully saturated rings. The molecule has 0 atom stereocenters. The third-order valence-corrected chi connectivity index (χ3v) is 2.31. The fourth-order valence-electron chi connectivity index (χ4n) is 1.50. The molecule has 2 aliphatic rings. The second-order valence-electron chi connectivity index (χ2n) is 3.27. The average molecular weight is 213 g/mol. The number of nitrogens with two attached hydrogens (primary N) is 1. The van der Waals surface area contributed by atoms with Crippen LogP contribution < -0.4 is 11.0 Å². The zero-order valence-electron chi connectivity index (χ0n) is 8.12. The quantitative estimate of drug-likeness (QED) is 0.774. The van der Waals surface area contributed by atoms with E-state index in [1.165, 1.54) is 5.23 Å². The zero-order chi connectivity index (χ0) is 10.4. The normalized spacial score (nSPS) is 29.8. The highest BCUT2D eigenvalue weighted by Crippen LogP contribution is 2.35. The van der Waals surface area contributed by atoms with Crippen molar-refractivity contribution in [3.05, 3.63) is 12.3 Å². The first kappa shape index (κ1) is 8.98. The van der Waals surface area contributed by atoms with Crippen molar-refractivity contribution in [3.8, 4) is 0 Å². The van der Waals surface area contributed by atoms with Gasteiger partial charge in [0.1, 0.15) is 11.5 Å². The van der Waals surface area contributed by atoms with Gasteiger partial charge in [-0.25, -0.2) is 9.68 Å². The number of nitrogen functional groups attached to an aromatic ring is 1. The van der Waals surface area contributed by atoms with Crippen LogP contribution in [0.4, 0.5) is 11.5 Å².